The lowest BCUT2D eigenvalue weighted by molar-refractivity contribution is 1.20. The molecule has 0 saturated heterocycles. The molecule has 0 heterocycles. The standard InChI is InChI=1S/C8H15BrSi/c1-10(2,3)8-6-4-5-7-9/h6-8H2,1-3H3. The largest absolute Gasteiger partial charge is 0.103 e. The second-order valence-electron chi connectivity index (χ2n) is 3.55. The van der Waals surface area contributed by atoms with E-state index < -0.39 is 8.07 Å². The average molecular weight is 219 g/mol. The molecular weight excluding hydrogens is 204 g/mol. The van der Waals surface area contributed by atoms with Crippen LogP contribution in [0.2, 0.25) is 25.7 Å². The SMILES string of the molecule is C[Si](C)(C)CCC#CCBr. The molecule has 2 heteroatoms. The molecule has 58 valence electrons. The zero-order chi connectivity index (χ0) is 8.04. The van der Waals surface area contributed by atoms with Crippen LogP contribution in [0.15, 0.2) is 0 Å². The van der Waals surface area contributed by atoms with Gasteiger partial charge in [0.25, 0.3) is 0 Å². The third-order valence-electron chi connectivity index (χ3n) is 1.19. The maximum Gasteiger partial charge on any atom is 0.0645 e. The number of rotatable bonds is 2. The zero-order valence-electron chi connectivity index (χ0n) is 7.00. The van der Waals surface area contributed by atoms with E-state index in [1.165, 1.54) is 6.04 Å². The molecule has 0 aliphatic heterocycles. The third-order valence-corrected chi connectivity index (χ3v) is 3.22. The zero-order valence-corrected chi connectivity index (χ0v) is 9.59. The molecule has 0 rings (SSSR count). The van der Waals surface area contributed by atoms with Crippen LogP contribution in [-0.4, -0.2) is 13.4 Å². The summed E-state index contributed by atoms with van der Waals surface area (Å²) in [4.78, 5) is 0. The quantitative estimate of drug-likeness (QED) is 0.380. The van der Waals surface area contributed by atoms with Gasteiger partial charge in [-0.15, -0.1) is 5.92 Å². The summed E-state index contributed by atoms with van der Waals surface area (Å²) >= 11 is 3.27. The molecule has 0 unspecified atom stereocenters. The van der Waals surface area contributed by atoms with E-state index in [-0.39, 0.29) is 0 Å². The van der Waals surface area contributed by atoms with Crippen molar-refractivity contribution in [3.05, 3.63) is 0 Å². The second kappa shape index (κ2) is 4.98. The van der Waals surface area contributed by atoms with Gasteiger partial charge in [-0.3, -0.25) is 0 Å². The molecule has 0 spiro atoms. The van der Waals surface area contributed by atoms with E-state index in [0.717, 1.165) is 11.8 Å². The Kier molecular flexibility index (Phi) is 5.11. The molecule has 0 aromatic carbocycles. The van der Waals surface area contributed by atoms with Gasteiger partial charge in [-0.1, -0.05) is 41.5 Å². The predicted molar refractivity (Wildman–Crippen MR) is 54.3 cm³/mol. The third kappa shape index (κ3) is 8.26. The summed E-state index contributed by atoms with van der Waals surface area (Å²) in [6, 6.07) is 1.33. The number of halogens is 1. The van der Waals surface area contributed by atoms with Crippen molar-refractivity contribution < 1.29 is 0 Å². The van der Waals surface area contributed by atoms with Gasteiger partial charge in [0, 0.05) is 14.5 Å². The Labute approximate surface area is 73.5 Å². The Hall–Kier alpha value is 0.257. The summed E-state index contributed by atoms with van der Waals surface area (Å²) in [6.07, 6.45) is 1.08. The van der Waals surface area contributed by atoms with E-state index in [1.54, 1.807) is 0 Å². The number of hydrogen-bond donors (Lipinski definition) is 0. The van der Waals surface area contributed by atoms with Gasteiger partial charge in [0.1, 0.15) is 0 Å². The predicted octanol–water partition coefficient (Wildman–Crippen LogP) is 3.11. The van der Waals surface area contributed by atoms with Crippen molar-refractivity contribution in [1.29, 1.82) is 0 Å². The molecule has 10 heavy (non-hydrogen) atoms. The molecular formula is C8H15BrSi. The average Bonchev–Trinajstić information content (AvgIpc) is 1.78. The normalized spacial score (nSPS) is 10.4. The summed E-state index contributed by atoms with van der Waals surface area (Å²) in [5, 5.41) is 0.818. The second-order valence-corrected chi connectivity index (χ2v) is 9.73. The van der Waals surface area contributed by atoms with Crippen LogP contribution in [0.25, 0.3) is 0 Å². The highest BCUT2D eigenvalue weighted by Crippen LogP contribution is 2.09. The Balaban J connectivity index is 3.37. The Morgan fingerprint density at radius 1 is 1.20 bits per heavy atom. The Morgan fingerprint density at radius 2 is 1.80 bits per heavy atom. The molecule has 0 N–H and O–H groups in total. The van der Waals surface area contributed by atoms with Crippen molar-refractivity contribution in [3.8, 4) is 11.8 Å². The highest BCUT2D eigenvalue weighted by atomic mass is 79.9. The van der Waals surface area contributed by atoms with Crippen LogP contribution in [0.3, 0.4) is 0 Å². The van der Waals surface area contributed by atoms with E-state index >= 15 is 0 Å². The molecule has 0 aliphatic rings. The van der Waals surface area contributed by atoms with E-state index in [9.17, 15) is 0 Å². The van der Waals surface area contributed by atoms with Crippen LogP contribution in [0.1, 0.15) is 6.42 Å². The van der Waals surface area contributed by atoms with Crippen LogP contribution in [-0.2, 0) is 0 Å². The van der Waals surface area contributed by atoms with E-state index in [1.807, 2.05) is 0 Å². The monoisotopic (exact) mass is 218 g/mol. The maximum absolute atomic E-state index is 3.27. The number of hydrogen-bond acceptors (Lipinski definition) is 0. The van der Waals surface area contributed by atoms with Crippen LogP contribution >= 0.6 is 15.9 Å². The minimum absolute atomic E-state index is 0.818. The molecule has 0 nitrogen and oxygen atoms in total. The lowest BCUT2D eigenvalue weighted by Gasteiger charge is -2.12. The molecule has 0 fully saturated rings. The molecule has 0 bridgehead atoms. The van der Waals surface area contributed by atoms with Crippen molar-refractivity contribution in [2.75, 3.05) is 5.33 Å². The van der Waals surface area contributed by atoms with E-state index in [0.29, 0.717) is 0 Å². The summed E-state index contributed by atoms with van der Waals surface area (Å²) in [7, 11) is -0.825. The number of alkyl halides is 1. The summed E-state index contributed by atoms with van der Waals surface area (Å²) in [6.45, 7) is 7.13. The van der Waals surface area contributed by atoms with Crippen LogP contribution < -0.4 is 0 Å². The lowest BCUT2D eigenvalue weighted by Crippen LogP contribution is -2.18. The van der Waals surface area contributed by atoms with Crippen LogP contribution in [0.5, 0.6) is 0 Å². The Morgan fingerprint density at radius 3 is 2.20 bits per heavy atom. The van der Waals surface area contributed by atoms with Gasteiger partial charge in [-0.25, -0.2) is 0 Å². The summed E-state index contributed by atoms with van der Waals surface area (Å²) in [5.74, 6) is 6.14. The summed E-state index contributed by atoms with van der Waals surface area (Å²) in [5.41, 5.74) is 0. The van der Waals surface area contributed by atoms with E-state index in [4.69, 9.17) is 0 Å². The van der Waals surface area contributed by atoms with Crippen molar-refractivity contribution >= 4 is 24.0 Å². The van der Waals surface area contributed by atoms with Crippen molar-refractivity contribution in [2.45, 2.75) is 32.1 Å². The minimum Gasteiger partial charge on any atom is -0.103 e. The van der Waals surface area contributed by atoms with Crippen molar-refractivity contribution in [1.82, 2.24) is 0 Å². The fourth-order valence-corrected chi connectivity index (χ4v) is 1.65. The smallest absolute Gasteiger partial charge is 0.0645 e. The first-order valence-corrected chi connectivity index (χ1v) is 8.41. The van der Waals surface area contributed by atoms with Gasteiger partial charge >= 0.3 is 0 Å². The van der Waals surface area contributed by atoms with Gasteiger partial charge in [-0.05, 0) is 6.04 Å². The minimum atomic E-state index is -0.825. The molecule has 0 radical (unpaired) electrons. The van der Waals surface area contributed by atoms with Gasteiger partial charge in [0.05, 0.1) is 5.33 Å². The molecule has 0 aromatic rings. The maximum atomic E-state index is 3.27. The topological polar surface area (TPSA) is 0 Å². The van der Waals surface area contributed by atoms with Crippen molar-refractivity contribution in [3.63, 3.8) is 0 Å². The van der Waals surface area contributed by atoms with Crippen LogP contribution in [0.4, 0.5) is 0 Å². The van der Waals surface area contributed by atoms with Gasteiger partial charge < -0.3 is 0 Å². The molecule has 0 aromatic heterocycles. The molecule has 0 saturated carbocycles. The summed E-state index contributed by atoms with van der Waals surface area (Å²) < 4.78 is 0. The van der Waals surface area contributed by atoms with Crippen LogP contribution in [0, 0.1) is 11.8 Å². The highest BCUT2D eigenvalue weighted by Gasteiger charge is 2.10. The van der Waals surface area contributed by atoms with E-state index in [2.05, 4.69) is 47.4 Å². The molecule has 0 amide bonds. The first-order chi connectivity index (χ1) is 4.56. The first-order valence-electron chi connectivity index (χ1n) is 3.58. The fraction of sp³-hybridized carbons (Fsp3) is 0.750. The molecule has 0 atom stereocenters. The van der Waals surface area contributed by atoms with Gasteiger partial charge in [0.2, 0.25) is 0 Å². The first kappa shape index (κ1) is 10.3. The lowest BCUT2D eigenvalue weighted by atomic mass is 10.5. The van der Waals surface area contributed by atoms with Gasteiger partial charge in [-0.2, -0.15) is 0 Å². The van der Waals surface area contributed by atoms with Crippen molar-refractivity contribution in [2.24, 2.45) is 0 Å². The Bertz CT molecular complexity index is 136. The molecule has 0 aliphatic carbocycles. The van der Waals surface area contributed by atoms with Gasteiger partial charge in [0.15, 0.2) is 0 Å². The highest BCUT2D eigenvalue weighted by molar-refractivity contribution is 9.09. The fourth-order valence-electron chi connectivity index (χ4n) is 0.573.